The van der Waals surface area contributed by atoms with Crippen molar-refractivity contribution in [3.8, 4) is 45.9 Å². The molecule has 0 N–H and O–H groups in total. The fourth-order valence-corrected chi connectivity index (χ4v) is 3.47. The van der Waals surface area contributed by atoms with Gasteiger partial charge in [0, 0.05) is 17.2 Å². The quantitative estimate of drug-likeness (QED) is 0.359. The molecule has 30 heavy (non-hydrogen) atoms. The molecule has 0 aliphatic heterocycles. The van der Waals surface area contributed by atoms with E-state index in [9.17, 15) is 10.5 Å². The molecule has 0 radical (unpaired) electrons. The van der Waals surface area contributed by atoms with Gasteiger partial charge in [0.15, 0.2) is 0 Å². The second-order valence-electron chi connectivity index (χ2n) is 6.57. The topological polar surface area (TPSA) is 56.8 Å². The van der Waals surface area contributed by atoms with Crippen molar-refractivity contribution in [2.24, 2.45) is 0 Å². The van der Waals surface area contributed by atoms with E-state index in [1.54, 1.807) is 0 Å². The lowest BCUT2D eigenvalue weighted by Gasteiger charge is -2.17. The van der Waals surface area contributed by atoms with E-state index in [0.717, 1.165) is 22.3 Å². The van der Waals surface area contributed by atoms with Crippen LogP contribution in [0.3, 0.4) is 0 Å². The first-order valence-electron chi connectivity index (χ1n) is 9.26. The number of hydrogen-bond acceptors (Lipinski definition) is 3. The van der Waals surface area contributed by atoms with Gasteiger partial charge in [0.25, 0.3) is 0 Å². The maximum absolute atomic E-state index is 9.40. The first-order valence-corrected chi connectivity index (χ1v) is 9.64. The predicted molar refractivity (Wildman–Crippen MR) is 118 cm³/mol. The lowest BCUT2D eigenvalue weighted by Crippen LogP contribution is -1.95. The monoisotopic (exact) mass is 406 g/mol. The summed E-state index contributed by atoms with van der Waals surface area (Å²) in [4.78, 5) is 0. The molecule has 0 heterocycles. The van der Waals surface area contributed by atoms with Gasteiger partial charge in [-0.1, -0.05) is 90.5 Å². The third kappa shape index (κ3) is 3.76. The molecule has 0 spiro atoms. The summed E-state index contributed by atoms with van der Waals surface area (Å²) in [7, 11) is 0. The molecular weight excluding hydrogens is 392 g/mol. The Hall–Kier alpha value is -4.05. The Kier molecular flexibility index (Phi) is 5.48. The third-order valence-electron chi connectivity index (χ3n) is 4.71. The SMILES string of the molecule is N#Cc1cc(Cl)c(Oc2c(-c3ccccc3)cccc2-c2ccccc2)cc1C#N. The first kappa shape index (κ1) is 19.3. The van der Waals surface area contributed by atoms with Crippen molar-refractivity contribution in [3.05, 3.63) is 107 Å². The molecule has 0 aliphatic rings. The average molecular weight is 407 g/mol. The molecule has 0 saturated heterocycles. The fourth-order valence-electron chi connectivity index (χ4n) is 3.26. The summed E-state index contributed by atoms with van der Waals surface area (Å²) in [5, 5.41) is 18.9. The van der Waals surface area contributed by atoms with Crippen LogP contribution in [0.1, 0.15) is 11.1 Å². The second kappa shape index (κ2) is 8.53. The van der Waals surface area contributed by atoms with E-state index in [4.69, 9.17) is 16.3 Å². The molecule has 0 aliphatic carbocycles. The molecular formula is C26H15ClN2O. The van der Waals surface area contributed by atoms with Crippen LogP contribution in [0.25, 0.3) is 22.3 Å². The maximum atomic E-state index is 9.40. The van der Waals surface area contributed by atoms with Crippen molar-refractivity contribution in [3.63, 3.8) is 0 Å². The zero-order chi connectivity index (χ0) is 20.9. The second-order valence-corrected chi connectivity index (χ2v) is 6.98. The van der Waals surface area contributed by atoms with E-state index in [-0.39, 0.29) is 16.1 Å². The Bertz CT molecular complexity index is 1230. The summed E-state index contributed by atoms with van der Waals surface area (Å²) in [5.41, 5.74) is 4.22. The molecule has 0 bridgehead atoms. The molecule has 0 aromatic heterocycles. The highest BCUT2D eigenvalue weighted by atomic mass is 35.5. The zero-order valence-electron chi connectivity index (χ0n) is 15.8. The van der Waals surface area contributed by atoms with Crippen LogP contribution in [0.2, 0.25) is 5.02 Å². The lowest BCUT2D eigenvalue weighted by molar-refractivity contribution is 0.486. The molecule has 142 valence electrons. The Morgan fingerprint density at radius 2 is 1.13 bits per heavy atom. The Morgan fingerprint density at radius 1 is 0.633 bits per heavy atom. The minimum absolute atomic E-state index is 0.217. The smallest absolute Gasteiger partial charge is 0.147 e. The number of nitriles is 2. The molecule has 4 heteroatoms. The van der Waals surface area contributed by atoms with Gasteiger partial charge in [0.1, 0.15) is 23.6 Å². The molecule has 0 amide bonds. The van der Waals surface area contributed by atoms with Crippen LogP contribution < -0.4 is 4.74 Å². The van der Waals surface area contributed by atoms with Crippen LogP contribution in [0.5, 0.6) is 11.5 Å². The lowest BCUT2D eigenvalue weighted by atomic mass is 9.97. The number of rotatable bonds is 4. The molecule has 4 aromatic rings. The standard InChI is InChI=1S/C26H15ClN2O/c27-24-14-20(16-28)21(17-29)15-25(24)30-26-22(18-8-3-1-4-9-18)12-7-13-23(26)19-10-5-2-6-11-19/h1-15H. The summed E-state index contributed by atoms with van der Waals surface area (Å²) in [5.74, 6) is 0.957. The first-order chi connectivity index (χ1) is 14.7. The van der Waals surface area contributed by atoms with Crippen LogP contribution >= 0.6 is 11.6 Å². The van der Waals surface area contributed by atoms with E-state index < -0.39 is 0 Å². The molecule has 0 fully saturated rings. The van der Waals surface area contributed by atoms with E-state index in [0.29, 0.717) is 11.5 Å². The number of ether oxygens (including phenoxy) is 1. The van der Waals surface area contributed by atoms with Gasteiger partial charge in [0.05, 0.1) is 16.1 Å². The molecule has 0 atom stereocenters. The summed E-state index contributed by atoms with van der Waals surface area (Å²) >= 11 is 6.40. The van der Waals surface area contributed by atoms with Crippen LogP contribution in [0.4, 0.5) is 0 Å². The molecule has 0 saturated carbocycles. The van der Waals surface area contributed by atoms with Gasteiger partial charge in [0.2, 0.25) is 0 Å². The Labute approximate surface area is 180 Å². The average Bonchev–Trinajstić information content (AvgIpc) is 2.81. The molecule has 4 rings (SSSR count). The van der Waals surface area contributed by atoms with Gasteiger partial charge in [-0.15, -0.1) is 0 Å². The third-order valence-corrected chi connectivity index (χ3v) is 5.00. The van der Waals surface area contributed by atoms with Crippen molar-refractivity contribution in [1.29, 1.82) is 10.5 Å². The highest BCUT2D eigenvalue weighted by Gasteiger charge is 2.17. The van der Waals surface area contributed by atoms with Gasteiger partial charge in [-0.3, -0.25) is 0 Å². The van der Waals surface area contributed by atoms with Gasteiger partial charge in [-0.25, -0.2) is 0 Å². The fraction of sp³-hybridized carbons (Fsp3) is 0. The normalized spacial score (nSPS) is 10.1. The number of halogens is 1. The minimum atomic E-state index is 0.217. The van der Waals surface area contributed by atoms with E-state index in [1.165, 1.54) is 12.1 Å². The summed E-state index contributed by atoms with van der Waals surface area (Å²) < 4.78 is 6.33. The van der Waals surface area contributed by atoms with Gasteiger partial charge >= 0.3 is 0 Å². The van der Waals surface area contributed by atoms with Crippen molar-refractivity contribution in [2.75, 3.05) is 0 Å². The van der Waals surface area contributed by atoms with Crippen LogP contribution in [0.15, 0.2) is 91.0 Å². The van der Waals surface area contributed by atoms with Crippen LogP contribution in [0, 0.1) is 22.7 Å². The highest BCUT2D eigenvalue weighted by molar-refractivity contribution is 6.32. The minimum Gasteiger partial charge on any atom is -0.454 e. The zero-order valence-corrected chi connectivity index (χ0v) is 16.6. The van der Waals surface area contributed by atoms with Crippen molar-refractivity contribution >= 4 is 11.6 Å². The molecule has 0 unspecified atom stereocenters. The van der Waals surface area contributed by atoms with Crippen molar-refractivity contribution < 1.29 is 4.74 Å². The van der Waals surface area contributed by atoms with Crippen LogP contribution in [-0.4, -0.2) is 0 Å². The van der Waals surface area contributed by atoms with Crippen LogP contribution in [-0.2, 0) is 0 Å². The van der Waals surface area contributed by atoms with E-state index in [1.807, 2.05) is 91.0 Å². The van der Waals surface area contributed by atoms with Crippen molar-refractivity contribution in [2.45, 2.75) is 0 Å². The summed E-state index contributed by atoms with van der Waals surface area (Å²) in [6.07, 6.45) is 0. The maximum Gasteiger partial charge on any atom is 0.147 e. The highest BCUT2D eigenvalue weighted by Crippen LogP contribution is 2.43. The Balaban J connectivity index is 1.93. The summed E-state index contributed by atoms with van der Waals surface area (Å²) in [6, 6.07) is 32.8. The predicted octanol–water partition coefficient (Wildman–Crippen LogP) is 7.21. The van der Waals surface area contributed by atoms with Crippen molar-refractivity contribution in [1.82, 2.24) is 0 Å². The van der Waals surface area contributed by atoms with E-state index in [2.05, 4.69) is 0 Å². The number of para-hydroxylation sites is 1. The van der Waals surface area contributed by atoms with Gasteiger partial charge in [-0.05, 0) is 17.2 Å². The largest absolute Gasteiger partial charge is 0.454 e. The van der Waals surface area contributed by atoms with Gasteiger partial charge in [-0.2, -0.15) is 10.5 Å². The number of hydrogen-bond donors (Lipinski definition) is 0. The number of nitrogens with zero attached hydrogens (tertiary/aromatic N) is 2. The Morgan fingerprint density at radius 3 is 1.63 bits per heavy atom. The number of benzene rings is 4. The summed E-state index contributed by atoms with van der Waals surface area (Å²) in [6.45, 7) is 0. The van der Waals surface area contributed by atoms with E-state index >= 15 is 0 Å². The molecule has 3 nitrogen and oxygen atoms in total. The van der Waals surface area contributed by atoms with Gasteiger partial charge < -0.3 is 4.74 Å². The molecule has 4 aromatic carbocycles.